The lowest BCUT2D eigenvalue weighted by atomic mass is 9.86. The molecule has 2 N–H and O–H groups in total. The quantitative estimate of drug-likeness (QED) is 0.851. The summed E-state index contributed by atoms with van der Waals surface area (Å²) in [6.45, 7) is 8.34. The summed E-state index contributed by atoms with van der Waals surface area (Å²) in [5, 5.41) is 6.44. The van der Waals surface area contributed by atoms with Crippen LogP contribution in [-0.4, -0.2) is 53.5 Å². The largest absolute Gasteiger partial charge is 0.351 e. The Morgan fingerprint density at radius 3 is 2.42 bits per heavy atom. The van der Waals surface area contributed by atoms with Crippen LogP contribution in [0.15, 0.2) is 24.3 Å². The second-order valence-electron chi connectivity index (χ2n) is 8.15. The highest BCUT2D eigenvalue weighted by Crippen LogP contribution is 2.26. The number of nitrogens with one attached hydrogen (secondary N) is 2. The lowest BCUT2D eigenvalue weighted by Crippen LogP contribution is -2.51. The molecule has 142 valence electrons. The maximum absolute atomic E-state index is 12.9. The van der Waals surface area contributed by atoms with Crippen molar-refractivity contribution in [1.82, 2.24) is 15.5 Å². The van der Waals surface area contributed by atoms with E-state index in [0.717, 1.165) is 25.9 Å². The van der Waals surface area contributed by atoms with E-state index in [1.54, 1.807) is 16.7 Å². The molecule has 0 aliphatic carbocycles. The van der Waals surface area contributed by atoms with Gasteiger partial charge in [-0.05, 0) is 49.0 Å². The molecule has 0 bridgehead atoms. The van der Waals surface area contributed by atoms with E-state index >= 15 is 0 Å². The molecule has 2 heterocycles. The summed E-state index contributed by atoms with van der Waals surface area (Å²) in [5.74, 6) is 1.18. The number of carbonyl (C=O) groups excluding carboxylic acids is 2. The normalized spacial score (nSPS) is 21.7. The van der Waals surface area contributed by atoms with Gasteiger partial charge in [-0.1, -0.05) is 32.9 Å². The molecule has 2 aliphatic rings. The van der Waals surface area contributed by atoms with Crippen LogP contribution < -0.4 is 10.6 Å². The molecule has 0 aromatic heterocycles. The number of rotatable bonds is 3. The summed E-state index contributed by atoms with van der Waals surface area (Å²) in [6.07, 6.45) is 1.90. The van der Waals surface area contributed by atoms with Crippen LogP contribution in [0.1, 0.15) is 49.5 Å². The average molecular weight is 376 g/mol. The zero-order chi connectivity index (χ0) is 18.7. The molecule has 2 amide bonds. The molecule has 26 heavy (non-hydrogen) atoms. The fourth-order valence-corrected chi connectivity index (χ4v) is 4.56. The number of hydrogen-bond acceptors (Lipinski definition) is 4. The van der Waals surface area contributed by atoms with E-state index in [9.17, 15) is 9.59 Å². The summed E-state index contributed by atoms with van der Waals surface area (Å²) >= 11 is 1.64. The molecule has 0 spiro atoms. The monoisotopic (exact) mass is 375 g/mol. The van der Waals surface area contributed by atoms with Gasteiger partial charge in [0.15, 0.2) is 0 Å². The molecule has 1 aromatic rings. The predicted octanol–water partition coefficient (Wildman–Crippen LogP) is 2.37. The van der Waals surface area contributed by atoms with Crippen LogP contribution in [-0.2, 0) is 10.2 Å². The molecule has 2 fully saturated rings. The number of carbonyl (C=O) groups is 2. The molecule has 1 unspecified atom stereocenters. The third-order valence-electron chi connectivity index (χ3n) is 5.13. The van der Waals surface area contributed by atoms with Crippen LogP contribution in [0.25, 0.3) is 0 Å². The SMILES string of the molecule is CC(C)(C)c1ccc(C(=O)N2CSCC2C(=O)NC2CCNCC2)cc1. The Hall–Kier alpha value is -1.53. The maximum atomic E-state index is 12.9. The number of thioether (sulfide) groups is 1. The van der Waals surface area contributed by atoms with Crippen molar-refractivity contribution in [3.8, 4) is 0 Å². The minimum Gasteiger partial charge on any atom is -0.351 e. The second kappa shape index (κ2) is 8.01. The molecule has 2 aliphatic heterocycles. The van der Waals surface area contributed by atoms with Gasteiger partial charge in [0, 0.05) is 17.4 Å². The lowest BCUT2D eigenvalue weighted by Gasteiger charge is -2.28. The number of benzene rings is 1. The van der Waals surface area contributed by atoms with Crippen molar-refractivity contribution in [1.29, 1.82) is 0 Å². The first kappa shape index (κ1) is 19.2. The zero-order valence-corrected chi connectivity index (χ0v) is 16.7. The Morgan fingerprint density at radius 2 is 1.81 bits per heavy atom. The maximum Gasteiger partial charge on any atom is 0.255 e. The van der Waals surface area contributed by atoms with Crippen molar-refractivity contribution in [3.05, 3.63) is 35.4 Å². The van der Waals surface area contributed by atoms with Crippen molar-refractivity contribution in [2.24, 2.45) is 0 Å². The fraction of sp³-hybridized carbons (Fsp3) is 0.600. The molecule has 6 heteroatoms. The minimum absolute atomic E-state index is 0.0124. The van der Waals surface area contributed by atoms with Crippen LogP contribution in [0.4, 0.5) is 0 Å². The minimum atomic E-state index is -0.371. The van der Waals surface area contributed by atoms with Gasteiger partial charge in [0.1, 0.15) is 6.04 Å². The lowest BCUT2D eigenvalue weighted by molar-refractivity contribution is -0.125. The van der Waals surface area contributed by atoms with Crippen molar-refractivity contribution in [3.63, 3.8) is 0 Å². The average Bonchev–Trinajstić information content (AvgIpc) is 3.11. The first-order chi connectivity index (χ1) is 12.4. The van der Waals surface area contributed by atoms with E-state index in [2.05, 4.69) is 31.4 Å². The summed E-state index contributed by atoms with van der Waals surface area (Å²) in [7, 11) is 0. The Labute approximate surface area is 160 Å². The van der Waals surface area contributed by atoms with Crippen LogP contribution >= 0.6 is 11.8 Å². The van der Waals surface area contributed by atoms with Gasteiger partial charge in [-0.25, -0.2) is 0 Å². The van der Waals surface area contributed by atoms with Crippen LogP contribution in [0.2, 0.25) is 0 Å². The second-order valence-corrected chi connectivity index (χ2v) is 9.15. The summed E-state index contributed by atoms with van der Waals surface area (Å²) in [6, 6.07) is 7.64. The smallest absolute Gasteiger partial charge is 0.255 e. The van der Waals surface area contributed by atoms with Gasteiger partial charge in [0.25, 0.3) is 5.91 Å². The van der Waals surface area contributed by atoms with Gasteiger partial charge in [-0.2, -0.15) is 0 Å². The number of piperidine rings is 1. The van der Waals surface area contributed by atoms with Gasteiger partial charge in [0.2, 0.25) is 5.91 Å². The highest BCUT2D eigenvalue weighted by molar-refractivity contribution is 7.99. The summed E-state index contributed by atoms with van der Waals surface area (Å²) in [4.78, 5) is 27.4. The molecule has 1 aromatic carbocycles. The van der Waals surface area contributed by atoms with Crippen LogP contribution in [0.5, 0.6) is 0 Å². The predicted molar refractivity (Wildman–Crippen MR) is 106 cm³/mol. The summed E-state index contributed by atoms with van der Waals surface area (Å²) in [5.41, 5.74) is 1.91. The molecular formula is C20H29N3O2S. The Kier molecular flexibility index (Phi) is 5.92. The third kappa shape index (κ3) is 4.41. The van der Waals surface area contributed by atoms with E-state index in [0.29, 0.717) is 17.2 Å². The van der Waals surface area contributed by atoms with Gasteiger partial charge in [-0.15, -0.1) is 11.8 Å². The van der Waals surface area contributed by atoms with Gasteiger partial charge >= 0.3 is 0 Å². The van der Waals surface area contributed by atoms with E-state index in [4.69, 9.17) is 0 Å². The highest BCUT2D eigenvalue weighted by Gasteiger charge is 2.36. The molecule has 3 rings (SSSR count). The molecular weight excluding hydrogens is 346 g/mol. The van der Waals surface area contributed by atoms with Gasteiger partial charge in [0.05, 0.1) is 5.88 Å². The Morgan fingerprint density at radius 1 is 1.15 bits per heavy atom. The Balaban J connectivity index is 1.66. The van der Waals surface area contributed by atoms with Crippen LogP contribution in [0, 0.1) is 0 Å². The fourth-order valence-electron chi connectivity index (χ4n) is 3.40. The van der Waals surface area contributed by atoms with Gasteiger partial charge < -0.3 is 15.5 Å². The van der Waals surface area contributed by atoms with Crippen molar-refractivity contribution < 1.29 is 9.59 Å². The first-order valence-corrected chi connectivity index (χ1v) is 10.5. The third-order valence-corrected chi connectivity index (χ3v) is 6.14. The van der Waals surface area contributed by atoms with Crippen LogP contribution in [0.3, 0.4) is 0 Å². The zero-order valence-electron chi connectivity index (χ0n) is 15.9. The summed E-state index contributed by atoms with van der Waals surface area (Å²) < 4.78 is 0. The van der Waals surface area contributed by atoms with Crippen molar-refractivity contribution in [2.45, 2.75) is 51.1 Å². The van der Waals surface area contributed by atoms with E-state index in [1.807, 2.05) is 24.3 Å². The van der Waals surface area contributed by atoms with Crippen molar-refractivity contribution >= 4 is 23.6 Å². The first-order valence-electron chi connectivity index (χ1n) is 9.36. The number of hydrogen-bond donors (Lipinski definition) is 2. The molecule has 0 radical (unpaired) electrons. The number of nitrogens with zero attached hydrogens (tertiary/aromatic N) is 1. The van der Waals surface area contributed by atoms with E-state index in [-0.39, 0.29) is 29.3 Å². The highest BCUT2D eigenvalue weighted by atomic mass is 32.2. The topological polar surface area (TPSA) is 61.4 Å². The standard InChI is InChI=1S/C20H29N3O2S/c1-20(2,3)15-6-4-14(5-7-15)19(25)23-13-26-12-17(23)18(24)22-16-8-10-21-11-9-16/h4-7,16-17,21H,8-13H2,1-3H3,(H,22,24). The van der Waals surface area contributed by atoms with Gasteiger partial charge in [-0.3, -0.25) is 9.59 Å². The number of amides is 2. The molecule has 5 nitrogen and oxygen atoms in total. The molecule has 2 saturated heterocycles. The van der Waals surface area contributed by atoms with E-state index in [1.165, 1.54) is 5.56 Å². The molecule has 0 saturated carbocycles. The van der Waals surface area contributed by atoms with Crippen molar-refractivity contribution in [2.75, 3.05) is 24.7 Å². The Bertz CT molecular complexity index is 648. The molecule has 1 atom stereocenters. The van der Waals surface area contributed by atoms with E-state index < -0.39 is 0 Å².